The fraction of sp³-hybridized carbons (Fsp3) is 0.462. The minimum Gasteiger partial charge on any atom is -0.489 e. The summed E-state index contributed by atoms with van der Waals surface area (Å²) in [4.78, 5) is 10.7. The second-order valence-electron chi connectivity index (χ2n) is 9.31. The van der Waals surface area contributed by atoms with Gasteiger partial charge in [0, 0.05) is 18.5 Å². The summed E-state index contributed by atoms with van der Waals surface area (Å²) in [7, 11) is 0. The van der Waals surface area contributed by atoms with Crippen LogP contribution in [0.2, 0.25) is 0 Å². The number of nitrogens with one attached hydrogen (secondary N) is 1. The lowest BCUT2D eigenvalue weighted by molar-refractivity contribution is -0.136. The Hall–Kier alpha value is -2.88. The van der Waals surface area contributed by atoms with E-state index in [1.807, 2.05) is 0 Å². The van der Waals surface area contributed by atoms with E-state index in [1.165, 1.54) is 11.1 Å². The van der Waals surface area contributed by atoms with Crippen molar-refractivity contribution in [2.24, 2.45) is 5.92 Å². The molecule has 0 saturated carbocycles. The summed E-state index contributed by atoms with van der Waals surface area (Å²) < 4.78 is 5.68. The number of β-amino-alcohol motifs (C(OH)–C–C–N with tert-alkyl or cyclic N) is 1. The van der Waals surface area contributed by atoms with Crippen molar-refractivity contribution in [1.82, 2.24) is 5.32 Å². The molecule has 6 heteroatoms. The topological polar surface area (TPSA) is 103 Å². The Labute approximate surface area is 189 Å². The molecule has 0 fully saturated rings. The number of hydrogen-bond acceptors (Lipinski definition) is 5. The van der Waals surface area contributed by atoms with Gasteiger partial charge in [-0.25, -0.2) is 0 Å². The van der Waals surface area contributed by atoms with E-state index in [4.69, 9.17) is 9.84 Å². The van der Waals surface area contributed by atoms with Crippen molar-refractivity contribution >= 4 is 5.97 Å². The van der Waals surface area contributed by atoms with Crippen LogP contribution in [-0.4, -0.2) is 41.0 Å². The zero-order chi connectivity index (χ0) is 23.1. The molecule has 0 amide bonds. The smallest absolute Gasteiger partial charge is 0.303 e. The minimum atomic E-state index is -0.875. The summed E-state index contributed by atoms with van der Waals surface area (Å²) in [5, 5.41) is 32.0. The van der Waals surface area contributed by atoms with Crippen LogP contribution in [0.25, 0.3) is 0 Å². The zero-order valence-corrected chi connectivity index (χ0v) is 18.8. The first-order valence-electron chi connectivity index (χ1n) is 11.1. The molecule has 0 aliphatic heterocycles. The lowest BCUT2D eigenvalue weighted by Gasteiger charge is -2.30. The third-order valence-electron chi connectivity index (χ3n) is 5.97. The highest BCUT2D eigenvalue weighted by atomic mass is 16.5. The Morgan fingerprint density at radius 1 is 1.25 bits per heavy atom. The Balaban J connectivity index is 1.45. The van der Waals surface area contributed by atoms with Gasteiger partial charge in [-0.1, -0.05) is 30.3 Å². The molecular weight excluding hydrogens is 404 g/mol. The maximum atomic E-state index is 10.7. The Kier molecular flexibility index (Phi) is 7.89. The van der Waals surface area contributed by atoms with Crippen molar-refractivity contribution < 1.29 is 19.7 Å². The molecule has 170 valence electrons. The van der Waals surface area contributed by atoms with E-state index in [-0.39, 0.29) is 18.6 Å². The summed E-state index contributed by atoms with van der Waals surface area (Å²) in [5.41, 5.74) is 3.90. The molecule has 0 unspecified atom stereocenters. The zero-order valence-electron chi connectivity index (χ0n) is 18.8. The quantitative estimate of drug-likeness (QED) is 0.498. The van der Waals surface area contributed by atoms with Crippen molar-refractivity contribution in [3.05, 3.63) is 64.7 Å². The molecule has 0 bridgehead atoms. The van der Waals surface area contributed by atoms with Gasteiger partial charge in [0.25, 0.3) is 0 Å². The van der Waals surface area contributed by atoms with Gasteiger partial charge in [-0.15, -0.1) is 0 Å². The molecule has 2 aromatic carbocycles. The number of nitriles is 1. The van der Waals surface area contributed by atoms with E-state index >= 15 is 0 Å². The number of aliphatic hydroxyl groups is 1. The highest BCUT2D eigenvalue weighted by Gasteiger charge is 2.28. The van der Waals surface area contributed by atoms with Crippen LogP contribution in [0.15, 0.2) is 42.5 Å². The number of aliphatic hydroxyl groups excluding tert-OH is 1. The molecule has 6 nitrogen and oxygen atoms in total. The standard InChI is InChI=1S/C26H32N2O4/c1-26(2,14-19-12-20-5-3-4-6-21(20)13-19)28-16-23(29)17-32-24-9-7-18(8-10-25(30)31)11-22(24)15-27/h3-7,9,11,19,23,28-29H,8,10,12-14,16-17H2,1-2H3,(H,30,31)/t23-/m1/s1. The molecule has 3 N–H and O–H groups in total. The highest BCUT2D eigenvalue weighted by molar-refractivity contribution is 5.67. The van der Waals surface area contributed by atoms with E-state index in [0.29, 0.717) is 30.2 Å². The van der Waals surface area contributed by atoms with E-state index in [2.05, 4.69) is 49.5 Å². The Bertz CT molecular complexity index is 955. The summed E-state index contributed by atoms with van der Waals surface area (Å²) in [6, 6.07) is 15.8. The molecule has 0 spiro atoms. The van der Waals surface area contributed by atoms with Crippen molar-refractivity contribution in [2.75, 3.05) is 13.2 Å². The van der Waals surface area contributed by atoms with Gasteiger partial charge in [0.2, 0.25) is 0 Å². The molecule has 3 rings (SSSR count). The van der Waals surface area contributed by atoms with Gasteiger partial charge in [-0.3, -0.25) is 4.79 Å². The number of ether oxygens (including phenoxy) is 1. The lowest BCUT2D eigenvalue weighted by Crippen LogP contribution is -2.46. The van der Waals surface area contributed by atoms with Gasteiger partial charge < -0.3 is 20.3 Å². The largest absolute Gasteiger partial charge is 0.489 e. The first-order chi connectivity index (χ1) is 15.3. The molecule has 32 heavy (non-hydrogen) atoms. The molecule has 1 aliphatic carbocycles. The number of aryl methyl sites for hydroxylation is 1. The number of aliphatic carboxylic acids is 1. The molecule has 1 aliphatic rings. The number of benzene rings is 2. The number of fused-ring (bicyclic) bond motifs is 1. The van der Waals surface area contributed by atoms with Crippen LogP contribution in [0.3, 0.4) is 0 Å². The second kappa shape index (κ2) is 10.6. The van der Waals surface area contributed by atoms with Crippen LogP contribution >= 0.6 is 0 Å². The maximum Gasteiger partial charge on any atom is 0.303 e. The molecule has 0 radical (unpaired) electrons. The monoisotopic (exact) mass is 436 g/mol. The fourth-order valence-corrected chi connectivity index (χ4v) is 4.42. The number of carbonyl (C=O) groups is 1. The van der Waals surface area contributed by atoms with Gasteiger partial charge in [0.05, 0.1) is 5.56 Å². The first kappa shape index (κ1) is 23.8. The van der Waals surface area contributed by atoms with Crippen molar-refractivity contribution in [1.29, 1.82) is 5.26 Å². The summed E-state index contributed by atoms with van der Waals surface area (Å²) in [5.74, 6) is 0.120. The van der Waals surface area contributed by atoms with E-state index < -0.39 is 12.1 Å². The lowest BCUT2D eigenvalue weighted by atomic mass is 9.88. The average molecular weight is 437 g/mol. The molecular formula is C26H32N2O4. The molecule has 0 aromatic heterocycles. The number of hydrogen-bond donors (Lipinski definition) is 3. The van der Waals surface area contributed by atoms with Crippen molar-refractivity contribution in [2.45, 2.75) is 57.6 Å². The molecule has 0 saturated heterocycles. The van der Waals surface area contributed by atoms with Crippen LogP contribution in [0.4, 0.5) is 0 Å². The molecule has 0 heterocycles. The summed E-state index contributed by atoms with van der Waals surface area (Å²) in [6.45, 7) is 4.78. The number of nitrogens with zero attached hydrogens (tertiary/aromatic N) is 1. The highest BCUT2D eigenvalue weighted by Crippen LogP contribution is 2.31. The second-order valence-corrected chi connectivity index (χ2v) is 9.31. The van der Waals surface area contributed by atoms with E-state index in [1.54, 1.807) is 18.2 Å². The Morgan fingerprint density at radius 3 is 2.56 bits per heavy atom. The van der Waals surface area contributed by atoms with Crippen LogP contribution in [0.5, 0.6) is 5.75 Å². The minimum absolute atomic E-state index is 0.0121. The summed E-state index contributed by atoms with van der Waals surface area (Å²) >= 11 is 0. The number of carboxylic acids is 1. The van der Waals surface area contributed by atoms with Gasteiger partial charge in [-0.2, -0.15) is 5.26 Å². The predicted molar refractivity (Wildman–Crippen MR) is 123 cm³/mol. The van der Waals surface area contributed by atoms with Crippen LogP contribution in [-0.2, 0) is 24.1 Å². The van der Waals surface area contributed by atoms with Crippen LogP contribution in [0.1, 0.15) is 48.9 Å². The average Bonchev–Trinajstić information content (AvgIpc) is 3.16. The fourth-order valence-electron chi connectivity index (χ4n) is 4.42. The molecule has 2 aromatic rings. The van der Waals surface area contributed by atoms with E-state index in [9.17, 15) is 15.2 Å². The third kappa shape index (κ3) is 6.81. The first-order valence-corrected chi connectivity index (χ1v) is 11.1. The molecule has 1 atom stereocenters. The summed E-state index contributed by atoms with van der Waals surface area (Å²) in [6.07, 6.45) is 2.88. The van der Waals surface area contributed by atoms with Crippen LogP contribution in [0, 0.1) is 17.2 Å². The third-order valence-corrected chi connectivity index (χ3v) is 5.97. The predicted octanol–water partition coefficient (Wildman–Crippen LogP) is 3.49. The van der Waals surface area contributed by atoms with Crippen molar-refractivity contribution in [3.8, 4) is 11.8 Å². The Morgan fingerprint density at radius 2 is 1.94 bits per heavy atom. The van der Waals surface area contributed by atoms with Gasteiger partial charge in [0.1, 0.15) is 24.5 Å². The van der Waals surface area contributed by atoms with Gasteiger partial charge in [0.15, 0.2) is 0 Å². The number of carboxylic acid groups (broad SMARTS) is 1. The van der Waals surface area contributed by atoms with Crippen LogP contribution < -0.4 is 10.1 Å². The van der Waals surface area contributed by atoms with E-state index in [0.717, 1.165) is 24.8 Å². The van der Waals surface area contributed by atoms with Gasteiger partial charge >= 0.3 is 5.97 Å². The maximum absolute atomic E-state index is 10.7. The van der Waals surface area contributed by atoms with Gasteiger partial charge in [-0.05, 0) is 74.3 Å². The SMILES string of the molecule is CC(C)(CC1Cc2ccccc2C1)NC[C@@H](O)COc1ccc(CCC(=O)O)cc1C#N. The number of rotatable bonds is 11. The normalized spacial score (nSPS) is 14.6. The van der Waals surface area contributed by atoms with Crippen molar-refractivity contribution in [3.63, 3.8) is 0 Å².